The molecule has 0 fully saturated rings. The van der Waals surface area contributed by atoms with E-state index in [9.17, 15) is 14.4 Å². The van der Waals surface area contributed by atoms with Crippen LogP contribution in [0.15, 0.2) is 100 Å². The molecule has 0 saturated carbocycles. The second-order valence-electron chi connectivity index (χ2n) is 8.06. The van der Waals surface area contributed by atoms with Crippen LogP contribution in [0.5, 0.6) is 0 Å². The number of imide groups is 1. The number of aromatic nitrogens is 1. The lowest BCUT2D eigenvalue weighted by Crippen LogP contribution is -2.29. The molecule has 2 amide bonds. The number of amides is 2. The maximum atomic E-state index is 13.5. The molecule has 0 aliphatic carbocycles. The quantitative estimate of drug-likeness (QED) is 0.298. The predicted molar refractivity (Wildman–Crippen MR) is 134 cm³/mol. The van der Waals surface area contributed by atoms with Crippen molar-refractivity contribution in [2.75, 3.05) is 4.90 Å². The first-order chi connectivity index (χ1) is 17.0. The fourth-order valence-electron chi connectivity index (χ4n) is 4.29. The van der Waals surface area contributed by atoms with Crippen LogP contribution < -0.4 is 10.5 Å². The highest BCUT2D eigenvalue weighted by atomic mass is 35.5. The molecule has 35 heavy (non-hydrogen) atoms. The summed E-state index contributed by atoms with van der Waals surface area (Å²) in [6.45, 7) is 0. The molecule has 4 aromatic carbocycles. The van der Waals surface area contributed by atoms with E-state index in [0.29, 0.717) is 27.2 Å². The molecule has 5 aromatic rings. The Labute approximate surface area is 204 Å². The first-order valence-electron chi connectivity index (χ1n) is 10.8. The number of halogens is 1. The zero-order chi connectivity index (χ0) is 24.1. The van der Waals surface area contributed by atoms with Gasteiger partial charge in [-0.15, -0.1) is 0 Å². The van der Waals surface area contributed by atoms with Gasteiger partial charge in [0.05, 0.1) is 27.7 Å². The lowest BCUT2D eigenvalue weighted by atomic mass is 10.0. The van der Waals surface area contributed by atoms with Crippen molar-refractivity contribution in [3.63, 3.8) is 0 Å². The van der Waals surface area contributed by atoms with Gasteiger partial charge in [0.1, 0.15) is 0 Å². The van der Waals surface area contributed by atoms with Crippen molar-refractivity contribution >= 4 is 40.0 Å². The molecular weight excluding hydrogens is 464 g/mol. The molecule has 0 saturated heterocycles. The third kappa shape index (κ3) is 3.43. The summed E-state index contributed by atoms with van der Waals surface area (Å²) in [4.78, 5) is 44.8. The van der Waals surface area contributed by atoms with Crippen LogP contribution in [0.1, 0.15) is 20.7 Å². The number of fused-ring (bicyclic) bond motifs is 2. The molecule has 0 atom stereocenters. The van der Waals surface area contributed by atoms with Crippen molar-refractivity contribution in [1.82, 2.24) is 4.98 Å². The molecule has 2 heterocycles. The molecular formula is C28H15ClN2O4. The largest absolute Gasteiger partial charge is 0.403 e. The number of hydrogen-bond donors (Lipinski definition) is 0. The number of rotatable bonds is 3. The average Bonchev–Trinajstić information content (AvgIpc) is 3.13. The molecule has 0 N–H and O–H groups in total. The molecule has 1 aromatic heterocycles. The zero-order valence-electron chi connectivity index (χ0n) is 18.1. The predicted octanol–water partition coefficient (Wildman–Crippen LogP) is 5.98. The lowest BCUT2D eigenvalue weighted by molar-refractivity contribution is 0.0926. The van der Waals surface area contributed by atoms with Crippen LogP contribution in [-0.2, 0) is 0 Å². The van der Waals surface area contributed by atoms with Gasteiger partial charge in [-0.3, -0.25) is 9.59 Å². The molecule has 6 nitrogen and oxygen atoms in total. The standard InChI is InChI=1S/C28H15ClN2O4/c29-18-11-13-21-23(15-18)30-25(35-28(21)34)17-10-12-20-22(14-17)27(33)31(26(20)32)24-9-5-4-8-19(24)16-6-2-1-3-7-16/h1-15H. The van der Waals surface area contributed by atoms with Gasteiger partial charge in [0.25, 0.3) is 11.8 Å². The van der Waals surface area contributed by atoms with Crippen molar-refractivity contribution in [2.45, 2.75) is 0 Å². The van der Waals surface area contributed by atoms with Crippen molar-refractivity contribution in [1.29, 1.82) is 0 Å². The minimum Gasteiger partial charge on any atom is -0.403 e. The van der Waals surface area contributed by atoms with Gasteiger partial charge in [-0.25, -0.2) is 14.7 Å². The van der Waals surface area contributed by atoms with Gasteiger partial charge in [0.2, 0.25) is 5.89 Å². The maximum Gasteiger partial charge on any atom is 0.347 e. The fraction of sp³-hybridized carbons (Fsp3) is 0. The number of carbonyl (C=O) groups excluding carboxylic acids is 2. The van der Waals surface area contributed by atoms with Gasteiger partial charge in [0, 0.05) is 16.1 Å². The molecule has 7 heteroatoms. The Morgan fingerprint density at radius 2 is 1.43 bits per heavy atom. The molecule has 0 radical (unpaired) electrons. The van der Waals surface area contributed by atoms with E-state index in [-0.39, 0.29) is 17.0 Å². The van der Waals surface area contributed by atoms with Crippen LogP contribution in [0.25, 0.3) is 33.5 Å². The van der Waals surface area contributed by atoms with Crippen LogP contribution in [0.2, 0.25) is 5.02 Å². The van der Waals surface area contributed by atoms with Crippen LogP contribution in [-0.4, -0.2) is 16.8 Å². The summed E-state index contributed by atoms with van der Waals surface area (Å²) in [6.07, 6.45) is 0. The second kappa shape index (κ2) is 8.04. The Kier molecular flexibility index (Phi) is 4.83. The number of nitrogens with zero attached hydrogens (tertiary/aromatic N) is 2. The molecule has 0 bridgehead atoms. The monoisotopic (exact) mass is 478 g/mol. The minimum atomic E-state index is -0.567. The van der Waals surface area contributed by atoms with Crippen LogP contribution in [0, 0.1) is 0 Å². The van der Waals surface area contributed by atoms with Crippen molar-refractivity contribution in [3.8, 4) is 22.6 Å². The third-order valence-corrected chi connectivity index (χ3v) is 6.19. The zero-order valence-corrected chi connectivity index (χ0v) is 18.8. The smallest absolute Gasteiger partial charge is 0.347 e. The van der Waals surface area contributed by atoms with E-state index in [1.165, 1.54) is 11.0 Å². The normalized spacial score (nSPS) is 12.9. The van der Waals surface area contributed by atoms with Crippen LogP contribution >= 0.6 is 11.6 Å². The van der Waals surface area contributed by atoms with Gasteiger partial charge >= 0.3 is 5.63 Å². The first kappa shape index (κ1) is 21.0. The van der Waals surface area contributed by atoms with Crippen LogP contribution in [0.3, 0.4) is 0 Å². The topological polar surface area (TPSA) is 80.5 Å². The second-order valence-corrected chi connectivity index (χ2v) is 8.49. The number of anilines is 1. The highest BCUT2D eigenvalue weighted by molar-refractivity contribution is 6.35. The van der Waals surface area contributed by atoms with E-state index < -0.39 is 17.4 Å². The van der Waals surface area contributed by atoms with E-state index >= 15 is 0 Å². The summed E-state index contributed by atoms with van der Waals surface area (Å²) in [5.41, 5.74) is 2.86. The summed E-state index contributed by atoms with van der Waals surface area (Å²) in [7, 11) is 0. The van der Waals surface area contributed by atoms with E-state index in [1.54, 1.807) is 42.5 Å². The number of para-hydroxylation sites is 1. The molecule has 6 rings (SSSR count). The molecule has 168 valence electrons. The SMILES string of the molecule is O=C1c2ccc(-c3nc4cc(Cl)ccc4c(=O)o3)cc2C(=O)N1c1ccccc1-c1ccccc1. The van der Waals surface area contributed by atoms with Gasteiger partial charge in [-0.2, -0.15) is 0 Å². The van der Waals surface area contributed by atoms with Gasteiger partial charge in [0.15, 0.2) is 0 Å². The molecule has 1 aliphatic rings. The molecule has 1 aliphatic heterocycles. The summed E-state index contributed by atoms with van der Waals surface area (Å²) < 4.78 is 5.41. The van der Waals surface area contributed by atoms with Gasteiger partial charge in [-0.05, 0) is 48.0 Å². The Morgan fingerprint density at radius 3 is 2.26 bits per heavy atom. The number of hydrogen-bond acceptors (Lipinski definition) is 5. The number of benzene rings is 4. The van der Waals surface area contributed by atoms with Crippen molar-refractivity contribution < 1.29 is 14.0 Å². The Hall–Kier alpha value is -4.55. The number of carbonyl (C=O) groups is 2. The van der Waals surface area contributed by atoms with Crippen LogP contribution in [0.4, 0.5) is 5.69 Å². The van der Waals surface area contributed by atoms with Gasteiger partial charge < -0.3 is 4.42 Å². The summed E-state index contributed by atoms with van der Waals surface area (Å²) in [6, 6.07) is 26.2. The Balaban J connectivity index is 1.45. The van der Waals surface area contributed by atoms with Crippen molar-refractivity contribution in [2.24, 2.45) is 0 Å². The molecule has 0 unspecified atom stereocenters. The third-order valence-electron chi connectivity index (χ3n) is 5.95. The average molecular weight is 479 g/mol. The highest BCUT2D eigenvalue weighted by Gasteiger charge is 2.38. The maximum absolute atomic E-state index is 13.5. The van der Waals surface area contributed by atoms with E-state index in [0.717, 1.165) is 11.1 Å². The summed E-state index contributed by atoms with van der Waals surface area (Å²) in [5, 5.41) is 0.734. The first-order valence-corrected chi connectivity index (χ1v) is 11.2. The summed E-state index contributed by atoms with van der Waals surface area (Å²) >= 11 is 6.05. The minimum absolute atomic E-state index is 0.0379. The fourth-order valence-corrected chi connectivity index (χ4v) is 4.46. The summed E-state index contributed by atoms with van der Waals surface area (Å²) in [5.74, 6) is -0.836. The Bertz CT molecular complexity index is 1730. The molecule has 0 spiro atoms. The Morgan fingerprint density at radius 1 is 0.686 bits per heavy atom. The van der Waals surface area contributed by atoms with Gasteiger partial charge in [-0.1, -0.05) is 60.1 Å². The van der Waals surface area contributed by atoms with E-state index in [1.807, 2.05) is 42.5 Å². The highest BCUT2D eigenvalue weighted by Crippen LogP contribution is 2.37. The van der Waals surface area contributed by atoms with E-state index in [2.05, 4.69) is 4.98 Å². The lowest BCUT2D eigenvalue weighted by Gasteiger charge is -2.18. The van der Waals surface area contributed by atoms with E-state index in [4.69, 9.17) is 16.0 Å². The van der Waals surface area contributed by atoms with Crippen molar-refractivity contribution in [3.05, 3.63) is 118 Å².